The number of H-pyrrole nitrogens is 1. The summed E-state index contributed by atoms with van der Waals surface area (Å²) in [5, 5.41) is 13.6. The van der Waals surface area contributed by atoms with Gasteiger partial charge in [0.15, 0.2) is 0 Å². The van der Waals surface area contributed by atoms with E-state index in [9.17, 15) is 18.0 Å². The molecule has 1 saturated heterocycles. The zero-order valence-electron chi connectivity index (χ0n) is 13.5. The molecule has 7 nitrogen and oxygen atoms in total. The van der Waals surface area contributed by atoms with Gasteiger partial charge in [-0.15, -0.1) is 0 Å². The van der Waals surface area contributed by atoms with E-state index in [2.05, 4.69) is 15.6 Å². The van der Waals surface area contributed by atoms with E-state index in [-0.39, 0.29) is 5.69 Å². The third kappa shape index (κ3) is 4.32. The highest BCUT2D eigenvalue weighted by atomic mass is 19.4. The second-order valence-electron chi connectivity index (χ2n) is 5.53. The number of carboxylic acids is 1. The Labute approximate surface area is 140 Å². The van der Waals surface area contributed by atoms with E-state index < -0.39 is 12.1 Å². The van der Waals surface area contributed by atoms with E-state index in [4.69, 9.17) is 9.90 Å². The summed E-state index contributed by atoms with van der Waals surface area (Å²) >= 11 is 0. The number of piperidine rings is 1. The van der Waals surface area contributed by atoms with Gasteiger partial charge in [-0.25, -0.2) is 9.59 Å². The number of aromatic nitrogens is 2. The molecule has 0 amide bonds. The third-order valence-electron chi connectivity index (χ3n) is 3.94. The number of anilines is 1. The average molecular weight is 360 g/mol. The Hall–Kier alpha value is -2.49. The molecule has 25 heavy (non-hydrogen) atoms. The molecular weight excluding hydrogens is 341 g/mol. The predicted octanol–water partition coefficient (Wildman–Crippen LogP) is 1.93. The number of halogens is 3. The number of para-hydroxylation sites is 1. The summed E-state index contributed by atoms with van der Waals surface area (Å²) < 4.78 is 33.6. The normalized spacial score (nSPS) is 15.5. The van der Waals surface area contributed by atoms with Crippen LogP contribution < -0.4 is 16.3 Å². The monoisotopic (exact) mass is 360 g/mol. The van der Waals surface area contributed by atoms with Crippen molar-refractivity contribution in [3.05, 3.63) is 28.7 Å². The maximum Gasteiger partial charge on any atom is 0.490 e. The maximum absolute atomic E-state index is 12.2. The summed E-state index contributed by atoms with van der Waals surface area (Å²) in [7, 11) is 1.87. The molecule has 2 aromatic rings. The molecule has 0 spiro atoms. The molecule has 0 atom stereocenters. The molecule has 3 rings (SSSR count). The molecular formula is C15H19F3N4O3. The van der Waals surface area contributed by atoms with Crippen LogP contribution in [0.5, 0.6) is 0 Å². The van der Waals surface area contributed by atoms with Gasteiger partial charge >= 0.3 is 17.8 Å². The number of imidazole rings is 1. The van der Waals surface area contributed by atoms with Crippen molar-refractivity contribution in [3.63, 3.8) is 0 Å². The van der Waals surface area contributed by atoms with Crippen LogP contribution in [0, 0.1) is 0 Å². The average Bonchev–Trinajstić information content (AvgIpc) is 2.91. The molecule has 0 bridgehead atoms. The summed E-state index contributed by atoms with van der Waals surface area (Å²) in [6.45, 7) is 1.96. The Kier molecular flexibility index (Phi) is 5.73. The predicted molar refractivity (Wildman–Crippen MR) is 86.9 cm³/mol. The van der Waals surface area contributed by atoms with Crippen LogP contribution in [0.15, 0.2) is 23.0 Å². The van der Waals surface area contributed by atoms with Crippen LogP contribution >= 0.6 is 0 Å². The van der Waals surface area contributed by atoms with Gasteiger partial charge in [-0.05, 0) is 38.1 Å². The van der Waals surface area contributed by atoms with E-state index in [1.165, 1.54) is 0 Å². The minimum Gasteiger partial charge on any atom is -0.475 e. The molecule has 0 aliphatic carbocycles. The number of nitrogens with zero attached hydrogens (tertiary/aromatic N) is 1. The van der Waals surface area contributed by atoms with Gasteiger partial charge in [0.1, 0.15) is 0 Å². The van der Waals surface area contributed by atoms with Crippen molar-refractivity contribution in [2.45, 2.75) is 25.1 Å². The summed E-state index contributed by atoms with van der Waals surface area (Å²) in [6, 6.07) is 6.28. The van der Waals surface area contributed by atoms with E-state index in [0.29, 0.717) is 6.04 Å². The van der Waals surface area contributed by atoms with Gasteiger partial charge in [0.05, 0.1) is 16.7 Å². The fourth-order valence-corrected chi connectivity index (χ4v) is 2.78. The minimum absolute atomic E-state index is 0.000370. The van der Waals surface area contributed by atoms with E-state index >= 15 is 0 Å². The zero-order valence-corrected chi connectivity index (χ0v) is 13.5. The van der Waals surface area contributed by atoms with Crippen LogP contribution in [-0.2, 0) is 4.79 Å². The number of hydrogen-bond acceptors (Lipinski definition) is 4. The van der Waals surface area contributed by atoms with E-state index in [1.807, 2.05) is 29.8 Å². The van der Waals surface area contributed by atoms with Crippen LogP contribution in [0.3, 0.4) is 0 Å². The number of rotatable bonds is 2. The number of carboxylic acid groups (broad SMARTS) is 1. The smallest absolute Gasteiger partial charge is 0.475 e. The topological polar surface area (TPSA) is 99.2 Å². The molecule has 1 aliphatic rings. The molecule has 0 saturated carbocycles. The van der Waals surface area contributed by atoms with Crippen molar-refractivity contribution in [2.24, 2.45) is 0 Å². The Balaban J connectivity index is 0.000000277. The first-order valence-corrected chi connectivity index (χ1v) is 7.67. The SMILES string of the molecule is CNc1cccc2c1[nH]c(=O)n2C1CCNCC1.O=C(O)C(F)(F)F. The van der Waals surface area contributed by atoms with Crippen LogP contribution in [-0.4, -0.2) is 46.9 Å². The van der Waals surface area contributed by atoms with E-state index in [1.54, 1.807) is 0 Å². The number of aliphatic carboxylic acids is 1. The molecule has 1 aromatic carbocycles. The molecule has 2 heterocycles. The maximum atomic E-state index is 12.2. The fraction of sp³-hybridized carbons (Fsp3) is 0.467. The summed E-state index contributed by atoms with van der Waals surface area (Å²) in [4.78, 5) is 24.0. The van der Waals surface area contributed by atoms with Gasteiger partial charge in [-0.3, -0.25) is 4.57 Å². The largest absolute Gasteiger partial charge is 0.490 e. The second-order valence-corrected chi connectivity index (χ2v) is 5.53. The van der Waals surface area contributed by atoms with Crippen molar-refractivity contribution < 1.29 is 23.1 Å². The van der Waals surface area contributed by atoms with Gasteiger partial charge in [0.2, 0.25) is 0 Å². The Bertz CT molecular complexity index is 791. The summed E-state index contributed by atoms with van der Waals surface area (Å²) in [5.74, 6) is -2.76. The van der Waals surface area contributed by atoms with Crippen molar-refractivity contribution in [1.82, 2.24) is 14.9 Å². The number of benzene rings is 1. The molecule has 10 heteroatoms. The molecule has 4 N–H and O–H groups in total. The van der Waals surface area contributed by atoms with Crippen LogP contribution in [0.4, 0.5) is 18.9 Å². The van der Waals surface area contributed by atoms with Gasteiger partial charge in [0, 0.05) is 13.1 Å². The molecule has 0 unspecified atom stereocenters. The Morgan fingerprint density at radius 3 is 2.44 bits per heavy atom. The lowest BCUT2D eigenvalue weighted by atomic mass is 10.1. The fourth-order valence-electron chi connectivity index (χ4n) is 2.78. The highest BCUT2D eigenvalue weighted by molar-refractivity contribution is 5.88. The molecule has 1 fully saturated rings. The first-order valence-electron chi connectivity index (χ1n) is 7.67. The highest BCUT2D eigenvalue weighted by Crippen LogP contribution is 2.25. The molecule has 138 valence electrons. The van der Waals surface area contributed by atoms with Crippen molar-refractivity contribution in [3.8, 4) is 0 Å². The van der Waals surface area contributed by atoms with Gasteiger partial charge in [0.25, 0.3) is 0 Å². The quantitative estimate of drug-likeness (QED) is 0.656. The standard InChI is InChI=1S/C13H18N4O.C2HF3O2/c1-14-10-3-2-4-11-12(10)16-13(18)17(11)9-5-7-15-8-6-9;3-2(4,5)1(6)7/h2-4,9,14-15H,5-8H2,1H3,(H,16,18);(H,6,7). The van der Waals surface area contributed by atoms with Crippen LogP contribution in [0.2, 0.25) is 0 Å². The van der Waals surface area contributed by atoms with Crippen LogP contribution in [0.1, 0.15) is 18.9 Å². The Morgan fingerprint density at radius 1 is 1.32 bits per heavy atom. The first kappa shape index (κ1) is 18.8. The van der Waals surface area contributed by atoms with Gasteiger partial charge in [-0.1, -0.05) is 6.07 Å². The first-order chi connectivity index (χ1) is 11.8. The number of aromatic amines is 1. The van der Waals surface area contributed by atoms with Crippen molar-refractivity contribution >= 4 is 22.7 Å². The zero-order chi connectivity index (χ0) is 18.6. The number of hydrogen-bond donors (Lipinski definition) is 4. The third-order valence-corrected chi connectivity index (χ3v) is 3.94. The van der Waals surface area contributed by atoms with Crippen molar-refractivity contribution in [1.29, 1.82) is 0 Å². The molecule has 1 aromatic heterocycles. The lowest BCUT2D eigenvalue weighted by Crippen LogP contribution is -2.33. The number of carbonyl (C=O) groups is 1. The number of alkyl halides is 3. The highest BCUT2D eigenvalue weighted by Gasteiger charge is 2.38. The van der Waals surface area contributed by atoms with Gasteiger partial charge < -0.3 is 20.7 Å². The van der Waals surface area contributed by atoms with Crippen molar-refractivity contribution in [2.75, 3.05) is 25.5 Å². The lowest BCUT2D eigenvalue weighted by Gasteiger charge is -2.23. The summed E-state index contributed by atoms with van der Waals surface area (Å²) in [5.41, 5.74) is 2.87. The Morgan fingerprint density at radius 2 is 1.92 bits per heavy atom. The van der Waals surface area contributed by atoms with Crippen LogP contribution in [0.25, 0.3) is 11.0 Å². The van der Waals surface area contributed by atoms with E-state index in [0.717, 1.165) is 42.7 Å². The second kappa shape index (κ2) is 7.60. The number of nitrogens with one attached hydrogen (secondary N) is 3. The molecule has 0 radical (unpaired) electrons. The molecule has 1 aliphatic heterocycles. The minimum atomic E-state index is -5.08. The number of fused-ring (bicyclic) bond motifs is 1. The lowest BCUT2D eigenvalue weighted by molar-refractivity contribution is -0.192. The van der Waals surface area contributed by atoms with Gasteiger partial charge in [-0.2, -0.15) is 13.2 Å². The summed E-state index contributed by atoms with van der Waals surface area (Å²) in [6.07, 6.45) is -3.06.